The summed E-state index contributed by atoms with van der Waals surface area (Å²) in [5.41, 5.74) is 3.85. The molecule has 1 saturated heterocycles. The van der Waals surface area contributed by atoms with Gasteiger partial charge in [-0.25, -0.2) is 4.99 Å². The van der Waals surface area contributed by atoms with Crippen LogP contribution < -0.4 is 5.32 Å². The molecule has 3 aromatic carbocycles. The van der Waals surface area contributed by atoms with Gasteiger partial charge in [0.1, 0.15) is 4.91 Å². The van der Waals surface area contributed by atoms with Crippen LogP contribution in [-0.4, -0.2) is 39.4 Å². The first-order valence-electron chi connectivity index (χ1n) is 12.4. The van der Waals surface area contributed by atoms with Crippen molar-refractivity contribution in [2.75, 3.05) is 18.9 Å². The highest BCUT2D eigenvalue weighted by molar-refractivity contribution is 8.19. The largest absolute Gasteiger partial charge is 0.384 e. The number of thioether (sulfide) groups is 2. The van der Waals surface area contributed by atoms with Crippen LogP contribution in [0.25, 0.3) is 5.70 Å². The Labute approximate surface area is 240 Å². The summed E-state index contributed by atoms with van der Waals surface area (Å²) in [6.45, 7) is 2.96. The maximum absolute atomic E-state index is 13.9. The fraction of sp³-hybridized carbons (Fsp3) is 0.138. The summed E-state index contributed by atoms with van der Waals surface area (Å²) in [5, 5.41) is 27.4. The molecule has 0 atom stereocenters. The van der Waals surface area contributed by atoms with Gasteiger partial charge in [-0.1, -0.05) is 54.2 Å². The van der Waals surface area contributed by atoms with Crippen molar-refractivity contribution >= 4 is 57.4 Å². The zero-order chi connectivity index (χ0) is 28.2. The number of para-hydroxylation sites is 1. The molecule has 3 aromatic rings. The minimum Gasteiger partial charge on any atom is -0.384 e. The van der Waals surface area contributed by atoms with Gasteiger partial charge in [0.15, 0.2) is 5.17 Å². The number of anilines is 1. The summed E-state index contributed by atoms with van der Waals surface area (Å²) in [7, 11) is 1.80. The molecule has 5 rings (SSSR count). The normalized spacial score (nSPS) is 17.8. The molecule has 0 radical (unpaired) electrons. The van der Waals surface area contributed by atoms with Gasteiger partial charge in [0.2, 0.25) is 0 Å². The quantitative estimate of drug-likeness (QED) is 0.195. The van der Waals surface area contributed by atoms with E-state index >= 15 is 0 Å². The van der Waals surface area contributed by atoms with Crippen molar-refractivity contribution in [3.63, 3.8) is 0 Å². The van der Waals surface area contributed by atoms with Crippen LogP contribution in [0.4, 0.5) is 17.1 Å². The molecule has 0 aliphatic carbocycles. The molecule has 40 heavy (non-hydrogen) atoms. The standard InChI is InChI=1S/C29H24N6O3S2/c1-3-31-22-14-13-20(16-30)15-23(22)32-29-34(17-19-9-5-4-6-10-19)27(36)26(40-29)28-33(2)25(18-39-28)21-11-7-8-12-24(21)35(37)38/h4-15,18,31H,3,17H2,1-2H3. The molecule has 200 valence electrons. The Morgan fingerprint density at radius 2 is 1.85 bits per heavy atom. The average Bonchev–Trinajstić information content (AvgIpc) is 3.49. The van der Waals surface area contributed by atoms with Crippen LogP contribution in [0.1, 0.15) is 23.6 Å². The number of rotatable bonds is 7. The van der Waals surface area contributed by atoms with Crippen molar-refractivity contribution < 1.29 is 9.72 Å². The predicted molar refractivity (Wildman–Crippen MR) is 160 cm³/mol. The maximum atomic E-state index is 13.9. The van der Waals surface area contributed by atoms with Crippen LogP contribution in [-0.2, 0) is 11.3 Å². The van der Waals surface area contributed by atoms with Crippen LogP contribution in [0, 0.1) is 21.4 Å². The molecule has 1 fully saturated rings. The molecule has 0 saturated carbocycles. The summed E-state index contributed by atoms with van der Waals surface area (Å²) < 4.78 is 0. The van der Waals surface area contributed by atoms with E-state index in [0.29, 0.717) is 50.7 Å². The lowest BCUT2D eigenvalue weighted by Crippen LogP contribution is -2.29. The summed E-state index contributed by atoms with van der Waals surface area (Å²) in [6, 6.07) is 23.6. The van der Waals surface area contributed by atoms with Crippen molar-refractivity contribution in [1.82, 2.24) is 9.80 Å². The lowest BCUT2D eigenvalue weighted by molar-refractivity contribution is -0.385. The van der Waals surface area contributed by atoms with Crippen LogP contribution in [0.3, 0.4) is 0 Å². The first-order valence-corrected chi connectivity index (χ1v) is 14.1. The number of carbonyl (C=O) groups is 1. The Hall–Kier alpha value is -4.53. The van der Waals surface area contributed by atoms with Gasteiger partial charge < -0.3 is 10.2 Å². The zero-order valence-corrected chi connectivity index (χ0v) is 23.3. The van der Waals surface area contributed by atoms with Crippen molar-refractivity contribution in [2.45, 2.75) is 13.5 Å². The minimum atomic E-state index is -0.404. The second-order valence-electron chi connectivity index (χ2n) is 8.84. The van der Waals surface area contributed by atoms with Gasteiger partial charge in [-0.3, -0.25) is 19.8 Å². The van der Waals surface area contributed by atoms with E-state index in [4.69, 9.17) is 4.99 Å². The third-order valence-corrected chi connectivity index (χ3v) is 8.51. The van der Waals surface area contributed by atoms with E-state index in [2.05, 4.69) is 11.4 Å². The SMILES string of the molecule is CCNc1ccc(C#N)cc1N=C1SC(=C2SC=C(c3ccccc3[N+](=O)[O-])N2C)C(=O)N1Cc1ccccc1. The molecular formula is C29H24N6O3S2. The summed E-state index contributed by atoms with van der Waals surface area (Å²) in [6.07, 6.45) is 0. The molecule has 9 nitrogen and oxygen atoms in total. The van der Waals surface area contributed by atoms with Gasteiger partial charge >= 0.3 is 0 Å². The molecule has 0 bridgehead atoms. The lowest BCUT2D eigenvalue weighted by atomic mass is 10.1. The highest BCUT2D eigenvalue weighted by Gasteiger charge is 2.39. The van der Waals surface area contributed by atoms with E-state index in [1.54, 1.807) is 42.3 Å². The first-order chi connectivity index (χ1) is 19.4. The molecule has 2 aliphatic heterocycles. The molecule has 1 amide bonds. The Kier molecular flexibility index (Phi) is 7.91. The number of nitro benzene ring substituents is 1. The van der Waals surface area contributed by atoms with Gasteiger partial charge in [0.25, 0.3) is 11.6 Å². The van der Waals surface area contributed by atoms with Crippen molar-refractivity contribution in [3.8, 4) is 6.07 Å². The van der Waals surface area contributed by atoms with Gasteiger partial charge in [0, 0.05) is 25.1 Å². The summed E-state index contributed by atoms with van der Waals surface area (Å²) in [4.78, 5) is 34.0. The smallest absolute Gasteiger partial charge is 0.278 e. The minimum absolute atomic E-state index is 0.000801. The number of benzene rings is 3. The number of hydrogen-bond donors (Lipinski definition) is 1. The molecule has 1 N–H and O–H groups in total. The van der Waals surface area contributed by atoms with E-state index in [0.717, 1.165) is 11.3 Å². The van der Waals surface area contributed by atoms with Crippen LogP contribution in [0.2, 0.25) is 0 Å². The molecule has 2 aliphatic rings. The maximum Gasteiger partial charge on any atom is 0.278 e. The van der Waals surface area contributed by atoms with E-state index in [9.17, 15) is 20.2 Å². The molecule has 0 spiro atoms. The highest BCUT2D eigenvalue weighted by atomic mass is 32.2. The Morgan fingerprint density at radius 3 is 2.58 bits per heavy atom. The predicted octanol–water partition coefficient (Wildman–Crippen LogP) is 6.51. The summed E-state index contributed by atoms with van der Waals surface area (Å²) >= 11 is 2.61. The fourth-order valence-electron chi connectivity index (χ4n) is 4.34. The van der Waals surface area contributed by atoms with Crippen LogP contribution >= 0.6 is 23.5 Å². The number of nitrogens with one attached hydrogen (secondary N) is 1. The van der Waals surface area contributed by atoms with Crippen molar-refractivity contribution in [2.24, 2.45) is 4.99 Å². The number of nitriles is 1. The molecular weight excluding hydrogens is 544 g/mol. The third kappa shape index (κ3) is 5.32. The van der Waals surface area contributed by atoms with Crippen LogP contribution in [0.15, 0.2) is 93.1 Å². The molecule has 0 unspecified atom stereocenters. The molecule has 11 heteroatoms. The second kappa shape index (κ2) is 11.7. The fourth-order valence-corrected chi connectivity index (χ4v) is 6.57. The second-order valence-corrected chi connectivity index (χ2v) is 10.7. The van der Waals surface area contributed by atoms with Gasteiger partial charge in [0.05, 0.1) is 50.8 Å². The number of hydrogen-bond acceptors (Lipinski definition) is 9. The first kappa shape index (κ1) is 27.1. The van der Waals surface area contributed by atoms with Gasteiger partial charge in [-0.05, 0) is 48.5 Å². The Balaban J connectivity index is 1.56. The van der Waals surface area contributed by atoms with Gasteiger partial charge in [-0.2, -0.15) is 5.26 Å². The lowest BCUT2D eigenvalue weighted by Gasteiger charge is -2.19. The Morgan fingerprint density at radius 1 is 1.10 bits per heavy atom. The van der Waals surface area contributed by atoms with E-state index in [1.807, 2.05) is 53.6 Å². The number of nitro groups is 1. The van der Waals surface area contributed by atoms with E-state index < -0.39 is 4.92 Å². The zero-order valence-electron chi connectivity index (χ0n) is 21.7. The monoisotopic (exact) mass is 568 g/mol. The number of amidine groups is 1. The highest BCUT2D eigenvalue weighted by Crippen LogP contribution is 2.47. The Bertz CT molecular complexity index is 1630. The van der Waals surface area contributed by atoms with E-state index in [-0.39, 0.29) is 11.6 Å². The van der Waals surface area contributed by atoms with Crippen molar-refractivity contribution in [1.29, 1.82) is 5.26 Å². The van der Waals surface area contributed by atoms with Crippen molar-refractivity contribution in [3.05, 3.63) is 115 Å². The van der Waals surface area contributed by atoms with Crippen LogP contribution in [0.5, 0.6) is 0 Å². The summed E-state index contributed by atoms with van der Waals surface area (Å²) in [5.74, 6) is -0.208. The molecule has 2 heterocycles. The molecule has 0 aromatic heterocycles. The number of carbonyl (C=O) groups excluding carboxylic acids is 1. The van der Waals surface area contributed by atoms with Gasteiger partial charge in [-0.15, -0.1) is 0 Å². The number of amides is 1. The third-order valence-electron chi connectivity index (χ3n) is 6.28. The van der Waals surface area contributed by atoms with E-state index in [1.165, 1.54) is 29.6 Å². The average molecular weight is 569 g/mol. The number of aliphatic imine (C=N–C) groups is 1. The topological polar surface area (TPSA) is 115 Å². The number of nitrogens with zero attached hydrogens (tertiary/aromatic N) is 5.